The molecule has 3 N–H and O–H groups in total. The van der Waals surface area contributed by atoms with Crippen LogP contribution in [0.15, 0.2) is 24.3 Å². The molecule has 0 aliphatic carbocycles. The van der Waals surface area contributed by atoms with Gasteiger partial charge in [0.05, 0.1) is 0 Å². The quantitative estimate of drug-likeness (QED) is 0.782. The van der Waals surface area contributed by atoms with Crippen molar-refractivity contribution >= 4 is 11.9 Å². The lowest BCUT2D eigenvalue weighted by Crippen LogP contribution is -2.46. The van der Waals surface area contributed by atoms with Crippen LogP contribution in [0.1, 0.15) is 30.9 Å². The molecule has 19 heavy (non-hydrogen) atoms. The summed E-state index contributed by atoms with van der Waals surface area (Å²) in [6, 6.07) is 6.39. The van der Waals surface area contributed by atoms with Crippen LogP contribution in [0.5, 0.6) is 0 Å². The van der Waals surface area contributed by atoms with Crippen LogP contribution in [-0.4, -0.2) is 35.0 Å². The number of carboxylic acids is 1. The van der Waals surface area contributed by atoms with Gasteiger partial charge in [0.1, 0.15) is 0 Å². The Labute approximate surface area is 113 Å². The Morgan fingerprint density at radius 3 is 2.21 bits per heavy atom. The molecule has 0 radical (unpaired) electrons. The fraction of sp³-hybridized carbons (Fsp3) is 0.429. The molecule has 0 fully saturated rings. The van der Waals surface area contributed by atoms with E-state index in [4.69, 9.17) is 10.8 Å². The van der Waals surface area contributed by atoms with Gasteiger partial charge in [-0.2, -0.15) is 0 Å². The molecule has 1 rings (SSSR count). The van der Waals surface area contributed by atoms with E-state index in [1.54, 1.807) is 7.05 Å². The average Bonchev–Trinajstić information content (AvgIpc) is 2.37. The van der Waals surface area contributed by atoms with Gasteiger partial charge in [-0.15, -0.1) is 0 Å². The molecule has 0 saturated carbocycles. The SMILES string of the molecule is CC(C)c1ccc(CN(C)C(=O)C(N)C(=O)O)cc1. The van der Waals surface area contributed by atoms with Gasteiger partial charge in [0.25, 0.3) is 5.91 Å². The highest BCUT2D eigenvalue weighted by atomic mass is 16.4. The van der Waals surface area contributed by atoms with Crippen LogP contribution in [0.25, 0.3) is 0 Å². The largest absolute Gasteiger partial charge is 0.480 e. The average molecular weight is 264 g/mol. The van der Waals surface area contributed by atoms with Gasteiger partial charge in [0.2, 0.25) is 0 Å². The van der Waals surface area contributed by atoms with Crippen LogP contribution in [-0.2, 0) is 16.1 Å². The molecule has 1 amide bonds. The van der Waals surface area contributed by atoms with Crippen LogP contribution in [0, 0.1) is 0 Å². The minimum Gasteiger partial charge on any atom is -0.480 e. The fourth-order valence-electron chi connectivity index (χ4n) is 1.70. The maximum absolute atomic E-state index is 11.7. The summed E-state index contributed by atoms with van der Waals surface area (Å²) in [6.45, 7) is 4.56. The molecule has 1 atom stereocenters. The van der Waals surface area contributed by atoms with Crippen molar-refractivity contribution in [1.82, 2.24) is 4.90 Å². The maximum Gasteiger partial charge on any atom is 0.330 e. The van der Waals surface area contributed by atoms with E-state index in [-0.39, 0.29) is 0 Å². The molecule has 5 nitrogen and oxygen atoms in total. The van der Waals surface area contributed by atoms with Gasteiger partial charge >= 0.3 is 5.97 Å². The molecule has 0 saturated heterocycles. The van der Waals surface area contributed by atoms with Crippen molar-refractivity contribution in [2.24, 2.45) is 5.73 Å². The normalized spacial score (nSPS) is 12.3. The molecule has 0 aliphatic rings. The number of aliphatic carboxylic acids is 1. The predicted octanol–water partition coefficient (Wildman–Crippen LogP) is 1.18. The third-order valence-corrected chi connectivity index (χ3v) is 2.97. The Bertz CT molecular complexity index is 454. The summed E-state index contributed by atoms with van der Waals surface area (Å²) in [7, 11) is 1.54. The first kappa shape index (κ1) is 15.2. The van der Waals surface area contributed by atoms with Gasteiger partial charge < -0.3 is 15.7 Å². The second-order valence-corrected chi connectivity index (χ2v) is 4.91. The standard InChI is InChI=1S/C14H20N2O3/c1-9(2)11-6-4-10(5-7-11)8-16(3)13(17)12(15)14(18)19/h4-7,9,12H,8,15H2,1-3H3,(H,18,19). The summed E-state index contributed by atoms with van der Waals surface area (Å²) in [6.07, 6.45) is 0. The molecular formula is C14H20N2O3. The molecular weight excluding hydrogens is 244 g/mol. The number of nitrogens with two attached hydrogens (primary N) is 1. The summed E-state index contributed by atoms with van der Waals surface area (Å²) < 4.78 is 0. The van der Waals surface area contributed by atoms with Crippen molar-refractivity contribution in [1.29, 1.82) is 0 Å². The minimum absolute atomic E-state index is 0.345. The molecule has 1 aromatic rings. The van der Waals surface area contributed by atoms with Crippen molar-refractivity contribution in [2.45, 2.75) is 32.4 Å². The van der Waals surface area contributed by atoms with Crippen molar-refractivity contribution in [2.75, 3.05) is 7.05 Å². The van der Waals surface area contributed by atoms with Gasteiger partial charge in [-0.1, -0.05) is 38.1 Å². The summed E-state index contributed by atoms with van der Waals surface area (Å²) in [4.78, 5) is 23.7. The summed E-state index contributed by atoms with van der Waals surface area (Å²) in [5, 5.41) is 8.69. The van der Waals surface area contributed by atoms with Crippen molar-refractivity contribution in [3.8, 4) is 0 Å². The maximum atomic E-state index is 11.7. The molecule has 104 valence electrons. The molecule has 0 aliphatic heterocycles. The van der Waals surface area contributed by atoms with Gasteiger partial charge in [0, 0.05) is 13.6 Å². The Morgan fingerprint density at radius 1 is 1.26 bits per heavy atom. The van der Waals surface area contributed by atoms with Crippen LogP contribution in [0.3, 0.4) is 0 Å². The van der Waals surface area contributed by atoms with E-state index in [9.17, 15) is 9.59 Å². The molecule has 0 aromatic heterocycles. The first-order valence-corrected chi connectivity index (χ1v) is 6.15. The lowest BCUT2D eigenvalue weighted by Gasteiger charge is -2.19. The highest BCUT2D eigenvalue weighted by molar-refractivity contribution is 6.00. The predicted molar refractivity (Wildman–Crippen MR) is 72.6 cm³/mol. The van der Waals surface area contributed by atoms with E-state index in [2.05, 4.69) is 13.8 Å². The van der Waals surface area contributed by atoms with Crippen molar-refractivity contribution < 1.29 is 14.7 Å². The Kier molecular flexibility index (Phi) is 5.06. The number of nitrogens with zero attached hydrogens (tertiary/aromatic N) is 1. The minimum atomic E-state index is -1.50. The molecule has 5 heteroatoms. The van der Waals surface area contributed by atoms with Crippen LogP contribution in [0.4, 0.5) is 0 Å². The lowest BCUT2D eigenvalue weighted by atomic mass is 10.0. The van der Waals surface area contributed by atoms with E-state index < -0.39 is 17.9 Å². The lowest BCUT2D eigenvalue weighted by molar-refractivity contribution is -0.146. The second kappa shape index (κ2) is 6.33. The fourth-order valence-corrected chi connectivity index (χ4v) is 1.70. The third-order valence-electron chi connectivity index (χ3n) is 2.97. The van der Waals surface area contributed by atoms with Crippen LogP contribution in [0.2, 0.25) is 0 Å². The topological polar surface area (TPSA) is 83.6 Å². The van der Waals surface area contributed by atoms with E-state index >= 15 is 0 Å². The highest BCUT2D eigenvalue weighted by Crippen LogP contribution is 2.15. The number of carbonyl (C=O) groups excluding carboxylic acids is 1. The van der Waals surface area contributed by atoms with Gasteiger partial charge in [-0.05, 0) is 17.0 Å². The first-order valence-electron chi connectivity index (χ1n) is 6.15. The van der Waals surface area contributed by atoms with E-state index in [1.807, 2.05) is 24.3 Å². The first-order chi connectivity index (χ1) is 8.82. The number of benzene rings is 1. The number of amides is 1. The third kappa shape index (κ3) is 4.06. The molecule has 0 heterocycles. The van der Waals surface area contributed by atoms with Gasteiger partial charge in [0.15, 0.2) is 6.04 Å². The number of likely N-dealkylation sites (N-methyl/N-ethyl adjacent to an activating group) is 1. The zero-order valence-electron chi connectivity index (χ0n) is 11.5. The monoisotopic (exact) mass is 264 g/mol. The van der Waals surface area contributed by atoms with Crippen LogP contribution < -0.4 is 5.73 Å². The Balaban J connectivity index is 2.69. The molecule has 0 spiro atoms. The van der Waals surface area contributed by atoms with Gasteiger partial charge in [-0.25, -0.2) is 4.79 Å². The van der Waals surface area contributed by atoms with E-state index in [0.29, 0.717) is 12.5 Å². The van der Waals surface area contributed by atoms with Crippen molar-refractivity contribution in [3.05, 3.63) is 35.4 Å². The molecule has 1 aromatic carbocycles. The highest BCUT2D eigenvalue weighted by Gasteiger charge is 2.24. The number of hydrogen-bond donors (Lipinski definition) is 2. The molecule has 1 unspecified atom stereocenters. The van der Waals surface area contributed by atoms with Crippen molar-refractivity contribution in [3.63, 3.8) is 0 Å². The van der Waals surface area contributed by atoms with Gasteiger partial charge in [-0.3, -0.25) is 4.79 Å². The number of hydrogen-bond acceptors (Lipinski definition) is 3. The summed E-state index contributed by atoms with van der Waals surface area (Å²) >= 11 is 0. The summed E-state index contributed by atoms with van der Waals surface area (Å²) in [5.41, 5.74) is 7.45. The number of carboxylic acid groups (broad SMARTS) is 1. The number of carbonyl (C=O) groups is 2. The number of rotatable bonds is 5. The Hall–Kier alpha value is -1.88. The Morgan fingerprint density at radius 2 is 1.79 bits per heavy atom. The second-order valence-electron chi connectivity index (χ2n) is 4.91. The zero-order chi connectivity index (χ0) is 14.6. The zero-order valence-corrected chi connectivity index (χ0v) is 11.5. The molecule has 0 bridgehead atoms. The van der Waals surface area contributed by atoms with E-state index in [0.717, 1.165) is 5.56 Å². The van der Waals surface area contributed by atoms with Crippen LogP contribution >= 0.6 is 0 Å². The van der Waals surface area contributed by atoms with E-state index in [1.165, 1.54) is 10.5 Å². The smallest absolute Gasteiger partial charge is 0.330 e. The summed E-state index contributed by atoms with van der Waals surface area (Å²) in [5.74, 6) is -1.46.